The zero-order valence-electron chi connectivity index (χ0n) is 11.5. The number of alkyl halides is 1. The van der Waals surface area contributed by atoms with Crippen molar-refractivity contribution in [1.29, 1.82) is 0 Å². The van der Waals surface area contributed by atoms with Crippen LogP contribution < -0.4 is 16.6 Å². The molecule has 0 spiro atoms. The molecule has 22 heavy (non-hydrogen) atoms. The number of aromatic nitrogens is 2. The Hall–Kier alpha value is -1.68. The van der Waals surface area contributed by atoms with Gasteiger partial charge in [0.15, 0.2) is 0 Å². The second-order valence-electron chi connectivity index (χ2n) is 4.85. The third-order valence-electron chi connectivity index (χ3n) is 3.33. The van der Waals surface area contributed by atoms with Crippen molar-refractivity contribution in [2.24, 2.45) is 0 Å². The van der Waals surface area contributed by atoms with Crippen LogP contribution in [0.4, 0.5) is 0 Å². The number of rotatable bonds is 5. The fraction of sp³-hybridized carbons (Fsp3) is 0.583. The maximum absolute atomic E-state index is 11.9. The molecule has 1 aliphatic rings. The van der Waals surface area contributed by atoms with Crippen LogP contribution in [0.2, 0.25) is 0 Å². The first kappa shape index (κ1) is 16.7. The van der Waals surface area contributed by atoms with Crippen LogP contribution in [-0.2, 0) is 16.1 Å². The number of H-pyrrole nitrogens is 1. The summed E-state index contributed by atoms with van der Waals surface area (Å²) in [6.07, 6.45) is -1.15. The van der Waals surface area contributed by atoms with Gasteiger partial charge in [-0.15, -0.1) is 11.6 Å². The Kier molecular flexibility index (Phi) is 5.35. The summed E-state index contributed by atoms with van der Waals surface area (Å²) >= 11 is 5.34. The van der Waals surface area contributed by atoms with Gasteiger partial charge in [-0.05, 0) is 0 Å². The Labute approximate surface area is 129 Å². The minimum Gasteiger partial charge on any atom is -0.394 e. The molecular weight excluding hydrogens is 318 g/mol. The zero-order chi connectivity index (χ0) is 16.3. The average Bonchev–Trinajstić information content (AvgIpc) is 2.86. The average molecular weight is 334 g/mol. The second-order valence-corrected chi connectivity index (χ2v) is 5.11. The number of carbonyl (C=O) groups is 1. The van der Waals surface area contributed by atoms with Crippen molar-refractivity contribution in [2.75, 3.05) is 12.5 Å². The fourth-order valence-corrected chi connectivity index (χ4v) is 2.25. The van der Waals surface area contributed by atoms with Crippen LogP contribution in [-0.4, -0.2) is 50.4 Å². The van der Waals surface area contributed by atoms with Crippen molar-refractivity contribution < 1.29 is 19.7 Å². The van der Waals surface area contributed by atoms with E-state index in [1.54, 1.807) is 0 Å². The Balaban J connectivity index is 2.23. The summed E-state index contributed by atoms with van der Waals surface area (Å²) in [4.78, 5) is 36.8. The molecule has 1 aliphatic heterocycles. The van der Waals surface area contributed by atoms with Crippen LogP contribution in [0.5, 0.6) is 0 Å². The monoisotopic (exact) mass is 333 g/mol. The summed E-state index contributed by atoms with van der Waals surface area (Å²) in [5.74, 6) is -0.695. The van der Waals surface area contributed by atoms with Gasteiger partial charge in [-0.1, -0.05) is 0 Å². The summed E-state index contributed by atoms with van der Waals surface area (Å²) < 4.78 is 6.48. The van der Waals surface area contributed by atoms with Crippen LogP contribution in [0.15, 0.2) is 15.8 Å². The van der Waals surface area contributed by atoms with Crippen LogP contribution in [0.1, 0.15) is 18.2 Å². The highest BCUT2D eigenvalue weighted by atomic mass is 35.5. The van der Waals surface area contributed by atoms with E-state index >= 15 is 0 Å². The van der Waals surface area contributed by atoms with E-state index < -0.39 is 35.6 Å². The summed E-state index contributed by atoms with van der Waals surface area (Å²) in [5, 5.41) is 21.2. The van der Waals surface area contributed by atoms with E-state index in [1.807, 2.05) is 0 Å². The number of hydrogen-bond donors (Lipinski definition) is 4. The summed E-state index contributed by atoms with van der Waals surface area (Å²) in [6.45, 7) is -0.478. The van der Waals surface area contributed by atoms with Gasteiger partial charge < -0.3 is 20.3 Å². The molecule has 0 aromatic carbocycles. The number of carbonyl (C=O) groups excluding carboxylic acids is 1. The van der Waals surface area contributed by atoms with Crippen LogP contribution in [0.3, 0.4) is 0 Å². The largest absolute Gasteiger partial charge is 0.394 e. The molecule has 3 atom stereocenters. The number of nitrogens with one attached hydrogen (secondary N) is 2. The Morgan fingerprint density at radius 3 is 2.86 bits per heavy atom. The lowest BCUT2D eigenvalue weighted by Crippen LogP contribution is -2.36. The molecule has 0 aliphatic carbocycles. The smallest absolute Gasteiger partial charge is 0.330 e. The zero-order valence-corrected chi connectivity index (χ0v) is 12.2. The number of aliphatic hydroxyl groups is 2. The van der Waals surface area contributed by atoms with Gasteiger partial charge in [0, 0.05) is 19.2 Å². The standard InChI is InChI=1S/C12H16ClN3O6/c13-2-9(19)14-3-6-4-16(12(21)15-11(6)20)10-1-7(18)8(5-17)22-10/h4,7-8,10,17-18H,1-3,5H2,(H,14,19)(H,15,20,21)/t7-,8+,10+/m0/s1. The molecule has 122 valence electrons. The summed E-state index contributed by atoms with van der Waals surface area (Å²) in [5.41, 5.74) is -1.19. The number of nitrogens with zero attached hydrogens (tertiary/aromatic N) is 1. The van der Waals surface area contributed by atoms with Gasteiger partial charge in [0.1, 0.15) is 18.2 Å². The molecule has 0 bridgehead atoms. The SMILES string of the molecule is O=C(CCl)NCc1cn([C@H]2C[C@H](O)[C@@H](CO)O2)c(=O)[nH]c1=O. The van der Waals surface area contributed by atoms with Crippen molar-refractivity contribution in [2.45, 2.75) is 31.4 Å². The van der Waals surface area contributed by atoms with E-state index in [4.69, 9.17) is 21.4 Å². The Morgan fingerprint density at radius 1 is 1.55 bits per heavy atom. The predicted octanol–water partition coefficient (Wildman–Crippen LogP) is -1.97. The van der Waals surface area contributed by atoms with Gasteiger partial charge >= 0.3 is 5.69 Å². The third-order valence-corrected chi connectivity index (χ3v) is 3.58. The maximum Gasteiger partial charge on any atom is 0.330 e. The van der Waals surface area contributed by atoms with Crippen LogP contribution >= 0.6 is 11.6 Å². The minimum absolute atomic E-state index is 0.0974. The highest BCUT2D eigenvalue weighted by Gasteiger charge is 2.35. The normalized spacial score (nSPS) is 24.4. The Morgan fingerprint density at radius 2 is 2.27 bits per heavy atom. The van der Waals surface area contributed by atoms with Crippen molar-refractivity contribution in [3.63, 3.8) is 0 Å². The molecule has 0 saturated carbocycles. The molecule has 0 unspecified atom stereocenters. The molecule has 2 rings (SSSR count). The van der Waals surface area contributed by atoms with Crippen LogP contribution in [0.25, 0.3) is 0 Å². The molecule has 2 heterocycles. The Bertz CT molecular complexity index is 657. The number of hydrogen-bond acceptors (Lipinski definition) is 6. The summed E-state index contributed by atoms with van der Waals surface area (Å²) in [7, 11) is 0. The molecule has 1 saturated heterocycles. The van der Waals surface area contributed by atoms with Gasteiger partial charge in [0.25, 0.3) is 5.56 Å². The topological polar surface area (TPSA) is 134 Å². The lowest BCUT2D eigenvalue weighted by molar-refractivity contribution is -0.118. The lowest BCUT2D eigenvalue weighted by atomic mass is 10.2. The molecule has 9 nitrogen and oxygen atoms in total. The van der Waals surface area contributed by atoms with E-state index in [1.165, 1.54) is 6.20 Å². The molecular formula is C12H16ClN3O6. The quantitative estimate of drug-likeness (QED) is 0.462. The maximum atomic E-state index is 11.9. The molecule has 4 N–H and O–H groups in total. The van der Waals surface area contributed by atoms with E-state index in [-0.39, 0.29) is 31.0 Å². The number of aromatic amines is 1. The first-order valence-corrected chi connectivity index (χ1v) is 7.11. The minimum atomic E-state index is -0.909. The third kappa shape index (κ3) is 3.55. The van der Waals surface area contributed by atoms with Gasteiger partial charge in [-0.3, -0.25) is 19.1 Å². The number of ether oxygens (including phenoxy) is 1. The molecule has 10 heteroatoms. The molecule has 1 fully saturated rings. The lowest BCUT2D eigenvalue weighted by Gasteiger charge is -2.15. The van der Waals surface area contributed by atoms with E-state index in [2.05, 4.69) is 10.3 Å². The first-order valence-electron chi connectivity index (χ1n) is 6.57. The highest BCUT2D eigenvalue weighted by Crippen LogP contribution is 2.27. The molecule has 1 amide bonds. The van der Waals surface area contributed by atoms with Gasteiger partial charge in [0.2, 0.25) is 5.91 Å². The second kappa shape index (κ2) is 7.05. The van der Waals surface area contributed by atoms with Crippen molar-refractivity contribution in [3.05, 3.63) is 32.6 Å². The number of halogens is 1. The molecule has 1 aromatic rings. The first-order chi connectivity index (χ1) is 10.5. The fourth-order valence-electron chi connectivity index (χ4n) is 2.16. The number of amides is 1. The van der Waals surface area contributed by atoms with Gasteiger partial charge in [-0.25, -0.2) is 4.79 Å². The van der Waals surface area contributed by atoms with Crippen LogP contribution in [0, 0.1) is 0 Å². The van der Waals surface area contributed by atoms with Crippen molar-refractivity contribution >= 4 is 17.5 Å². The van der Waals surface area contributed by atoms with Crippen molar-refractivity contribution in [3.8, 4) is 0 Å². The molecule has 0 radical (unpaired) electrons. The van der Waals surface area contributed by atoms with E-state index in [9.17, 15) is 19.5 Å². The summed E-state index contributed by atoms with van der Waals surface area (Å²) in [6, 6.07) is 0. The van der Waals surface area contributed by atoms with Gasteiger partial charge in [-0.2, -0.15) is 0 Å². The molecule has 1 aromatic heterocycles. The van der Waals surface area contributed by atoms with Gasteiger partial charge in [0.05, 0.1) is 18.3 Å². The highest BCUT2D eigenvalue weighted by molar-refractivity contribution is 6.27. The van der Waals surface area contributed by atoms with Crippen molar-refractivity contribution in [1.82, 2.24) is 14.9 Å². The number of aliphatic hydroxyl groups excluding tert-OH is 2. The predicted molar refractivity (Wildman–Crippen MR) is 75.5 cm³/mol. The van der Waals surface area contributed by atoms with E-state index in [0.29, 0.717) is 0 Å². The van der Waals surface area contributed by atoms with E-state index in [0.717, 1.165) is 4.57 Å².